The first-order valence-electron chi connectivity index (χ1n) is 6.64. The van der Waals surface area contributed by atoms with Gasteiger partial charge in [0, 0.05) is 16.8 Å². The van der Waals surface area contributed by atoms with E-state index in [0.29, 0.717) is 16.3 Å². The van der Waals surface area contributed by atoms with Gasteiger partial charge in [-0.2, -0.15) is 0 Å². The molecule has 2 aromatic rings. The molecule has 100 valence electrons. The highest BCUT2D eigenvalue weighted by molar-refractivity contribution is 9.09. The second kappa shape index (κ2) is 5.37. The van der Waals surface area contributed by atoms with Gasteiger partial charge in [0.05, 0.1) is 5.56 Å². The van der Waals surface area contributed by atoms with E-state index in [1.165, 1.54) is 19.3 Å². The maximum absolute atomic E-state index is 12.2. The van der Waals surface area contributed by atoms with E-state index in [-0.39, 0.29) is 5.91 Å². The van der Waals surface area contributed by atoms with Crippen LogP contribution in [0.4, 0.5) is 0 Å². The first-order valence-corrected chi connectivity index (χ1v) is 7.56. The summed E-state index contributed by atoms with van der Waals surface area (Å²) in [6.07, 6.45) is 5.17. The molecular weight excluding hydrogens is 306 g/mol. The number of carbonyl (C=O) groups is 1. The maximum Gasteiger partial charge on any atom is 0.255 e. The molecule has 1 aliphatic rings. The van der Waals surface area contributed by atoms with Gasteiger partial charge in [0.1, 0.15) is 11.8 Å². The van der Waals surface area contributed by atoms with Crippen LogP contribution in [0, 0.1) is 5.92 Å². The third kappa shape index (κ3) is 2.54. The number of benzene rings is 1. The predicted octanol–water partition coefficient (Wildman–Crippen LogP) is 3.73. The van der Waals surface area contributed by atoms with Crippen molar-refractivity contribution >= 4 is 32.8 Å². The van der Waals surface area contributed by atoms with Gasteiger partial charge in [-0.15, -0.1) is 0 Å². The van der Waals surface area contributed by atoms with Crippen molar-refractivity contribution in [2.24, 2.45) is 5.92 Å². The molecule has 2 atom stereocenters. The standard InChI is InChI=1S/C15H16BrNO2/c16-13-6-3-4-10(13)8-17-15(18)12-9-19-14-7-2-1-5-11(12)14/h1-2,5,7,9-10,13H,3-4,6,8H2,(H,17,18). The second-order valence-electron chi connectivity index (χ2n) is 5.06. The lowest BCUT2D eigenvalue weighted by Gasteiger charge is -2.14. The molecule has 0 aliphatic heterocycles. The average molecular weight is 322 g/mol. The molecule has 0 spiro atoms. The van der Waals surface area contributed by atoms with Crippen LogP contribution in [-0.2, 0) is 0 Å². The molecule has 4 heteroatoms. The first kappa shape index (κ1) is 12.7. The van der Waals surface area contributed by atoms with Gasteiger partial charge in [-0.05, 0) is 24.8 Å². The van der Waals surface area contributed by atoms with E-state index in [4.69, 9.17) is 4.42 Å². The molecule has 3 nitrogen and oxygen atoms in total. The molecule has 19 heavy (non-hydrogen) atoms. The molecule has 0 saturated heterocycles. The zero-order valence-corrected chi connectivity index (χ0v) is 12.2. The van der Waals surface area contributed by atoms with Crippen molar-refractivity contribution in [3.63, 3.8) is 0 Å². The molecule has 2 unspecified atom stereocenters. The van der Waals surface area contributed by atoms with Crippen molar-refractivity contribution < 1.29 is 9.21 Å². The van der Waals surface area contributed by atoms with Gasteiger partial charge >= 0.3 is 0 Å². The molecule has 1 aromatic carbocycles. The molecular formula is C15H16BrNO2. The molecule has 1 heterocycles. The number of carbonyl (C=O) groups excluding carboxylic acids is 1. The number of hydrogen-bond donors (Lipinski definition) is 1. The number of halogens is 1. The van der Waals surface area contributed by atoms with Crippen molar-refractivity contribution in [3.05, 3.63) is 36.1 Å². The summed E-state index contributed by atoms with van der Waals surface area (Å²) in [5.41, 5.74) is 1.38. The van der Waals surface area contributed by atoms with Gasteiger partial charge in [0.2, 0.25) is 0 Å². The number of amides is 1. The minimum Gasteiger partial charge on any atom is -0.463 e. The Labute approximate surface area is 120 Å². The quantitative estimate of drug-likeness (QED) is 0.875. The van der Waals surface area contributed by atoms with Crippen LogP contribution >= 0.6 is 15.9 Å². The lowest BCUT2D eigenvalue weighted by atomic mass is 10.1. The number of rotatable bonds is 3. The van der Waals surface area contributed by atoms with E-state index in [9.17, 15) is 4.79 Å². The lowest BCUT2D eigenvalue weighted by Crippen LogP contribution is -2.30. The summed E-state index contributed by atoms with van der Waals surface area (Å²) in [6, 6.07) is 7.61. The van der Waals surface area contributed by atoms with Crippen molar-refractivity contribution in [1.29, 1.82) is 0 Å². The van der Waals surface area contributed by atoms with Crippen molar-refractivity contribution in [2.75, 3.05) is 6.54 Å². The topological polar surface area (TPSA) is 42.2 Å². The molecule has 1 saturated carbocycles. The Bertz CT molecular complexity index is 593. The third-order valence-corrected chi connectivity index (χ3v) is 5.02. The van der Waals surface area contributed by atoms with E-state index in [1.807, 2.05) is 24.3 Å². The first-order chi connectivity index (χ1) is 9.25. The predicted molar refractivity (Wildman–Crippen MR) is 78.6 cm³/mol. The van der Waals surface area contributed by atoms with Crippen molar-refractivity contribution in [3.8, 4) is 0 Å². The maximum atomic E-state index is 12.2. The Balaban J connectivity index is 1.70. The van der Waals surface area contributed by atoms with E-state index in [2.05, 4.69) is 21.2 Å². The van der Waals surface area contributed by atoms with Crippen LogP contribution in [0.25, 0.3) is 11.0 Å². The van der Waals surface area contributed by atoms with Crippen LogP contribution in [0.1, 0.15) is 29.6 Å². The van der Waals surface area contributed by atoms with Crippen LogP contribution in [0.2, 0.25) is 0 Å². The Hall–Kier alpha value is -1.29. The molecule has 3 rings (SSSR count). The minimum absolute atomic E-state index is 0.0449. The molecule has 1 aliphatic carbocycles. The Morgan fingerprint density at radius 2 is 2.21 bits per heavy atom. The van der Waals surface area contributed by atoms with E-state index in [0.717, 1.165) is 17.5 Å². The van der Waals surface area contributed by atoms with Gasteiger partial charge in [-0.25, -0.2) is 0 Å². The third-order valence-electron chi connectivity index (χ3n) is 3.82. The van der Waals surface area contributed by atoms with Gasteiger partial charge in [0.25, 0.3) is 5.91 Å². The average Bonchev–Trinajstić information content (AvgIpc) is 3.02. The molecule has 1 fully saturated rings. The largest absolute Gasteiger partial charge is 0.463 e. The van der Waals surface area contributed by atoms with Crippen molar-refractivity contribution in [2.45, 2.75) is 24.1 Å². The van der Waals surface area contributed by atoms with Crippen molar-refractivity contribution in [1.82, 2.24) is 5.32 Å². The highest BCUT2D eigenvalue weighted by Crippen LogP contribution is 2.31. The Morgan fingerprint density at radius 3 is 3.00 bits per heavy atom. The zero-order valence-electron chi connectivity index (χ0n) is 10.6. The SMILES string of the molecule is O=C(NCC1CCCC1Br)c1coc2ccccc12. The normalized spacial score (nSPS) is 22.8. The van der Waals surface area contributed by atoms with Gasteiger partial charge in [-0.1, -0.05) is 40.5 Å². The summed E-state index contributed by atoms with van der Waals surface area (Å²) in [5, 5.41) is 3.90. The monoisotopic (exact) mass is 321 g/mol. The van der Waals surface area contributed by atoms with Gasteiger partial charge in [0.15, 0.2) is 0 Å². The zero-order chi connectivity index (χ0) is 13.2. The second-order valence-corrected chi connectivity index (χ2v) is 6.24. The van der Waals surface area contributed by atoms with Crippen LogP contribution in [-0.4, -0.2) is 17.3 Å². The highest BCUT2D eigenvalue weighted by Gasteiger charge is 2.25. The summed E-state index contributed by atoms with van der Waals surface area (Å²) >= 11 is 3.67. The number of hydrogen-bond acceptors (Lipinski definition) is 2. The summed E-state index contributed by atoms with van der Waals surface area (Å²) in [6.45, 7) is 0.730. The summed E-state index contributed by atoms with van der Waals surface area (Å²) < 4.78 is 5.39. The lowest BCUT2D eigenvalue weighted by molar-refractivity contribution is 0.0948. The molecule has 1 aromatic heterocycles. The van der Waals surface area contributed by atoms with E-state index in [1.54, 1.807) is 6.26 Å². The number of fused-ring (bicyclic) bond motifs is 1. The number of para-hydroxylation sites is 1. The summed E-state index contributed by atoms with van der Waals surface area (Å²) in [7, 11) is 0. The van der Waals surface area contributed by atoms with Crippen LogP contribution in [0.3, 0.4) is 0 Å². The van der Waals surface area contributed by atoms with Gasteiger partial charge < -0.3 is 9.73 Å². The fourth-order valence-electron chi connectivity index (χ4n) is 2.69. The van der Waals surface area contributed by atoms with Gasteiger partial charge in [-0.3, -0.25) is 4.79 Å². The minimum atomic E-state index is -0.0449. The van der Waals surface area contributed by atoms with Crippen LogP contribution in [0.15, 0.2) is 34.9 Å². The Kier molecular flexibility index (Phi) is 3.60. The molecule has 0 bridgehead atoms. The van der Waals surface area contributed by atoms with Crippen LogP contribution < -0.4 is 5.32 Å². The highest BCUT2D eigenvalue weighted by atomic mass is 79.9. The number of alkyl halides is 1. The van der Waals surface area contributed by atoms with E-state index >= 15 is 0 Å². The van der Waals surface area contributed by atoms with E-state index < -0.39 is 0 Å². The number of nitrogens with one attached hydrogen (secondary N) is 1. The molecule has 1 amide bonds. The Morgan fingerprint density at radius 1 is 1.37 bits per heavy atom. The number of furan rings is 1. The smallest absolute Gasteiger partial charge is 0.255 e. The fraction of sp³-hybridized carbons (Fsp3) is 0.400. The molecule has 1 N–H and O–H groups in total. The summed E-state index contributed by atoms with van der Waals surface area (Å²) in [5.74, 6) is 0.499. The van der Waals surface area contributed by atoms with Crippen LogP contribution in [0.5, 0.6) is 0 Å². The summed E-state index contributed by atoms with van der Waals surface area (Å²) in [4.78, 5) is 12.7. The molecule has 0 radical (unpaired) electrons. The fourth-order valence-corrected chi connectivity index (χ4v) is 3.47.